The Morgan fingerprint density at radius 2 is 1.07 bits per heavy atom. The molecule has 0 atom stereocenters. The SMILES string of the molecule is CC1(C)c2ccccc2-c2c(-c3cc(-c4cc(-c5ccc6ccccc6c5)cc(-c5cccc6c5sc5ccccc56)c4)nc(-c4ccccc4)n3)cccc21. The van der Waals surface area contributed by atoms with Crippen molar-refractivity contribution in [3.63, 3.8) is 0 Å². The number of benzene rings is 8. The largest absolute Gasteiger partial charge is 0.228 e. The van der Waals surface area contributed by atoms with Gasteiger partial charge in [-0.2, -0.15) is 0 Å². The summed E-state index contributed by atoms with van der Waals surface area (Å²) < 4.78 is 2.60. The quantitative estimate of drug-likeness (QED) is 0.176. The van der Waals surface area contributed by atoms with Gasteiger partial charge in [0.1, 0.15) is 0 Å². The van der Waals surface area contributed by atoms with Gasteiger partial charge in [0.2, 0.25) is 0 Å². The first kappa shape index (κ1) is 32.7. The summed E-state index contributed by atoms with van der Waals surface area (Å²) in [5.74, 6) is 0.713. The van der Waals surface area contributed by atoms with Gasteiger partial charge in [-0.05, 0) is 91.7 Å². The van der Waals surface area contributed by atoms with E-state index in [0.29, 0.717) is 5.82 Å². The van der Waals surface area contributed by atoms with Crippen molar-refractivity contribution >= 4 is 42.3 Å². The fourth-order valence-corrected chi connectivity index (χ4v) is 10.1. The third-order valence-corrected chi connectivity index (χ3v) is 12.9. The second-order valence-corrected chi connectivity index (χ2v) is 16.4. The van der Waals surface area contributed by atoms with E-state index in [2.05, 4.69) is 190 Å². The monoisotopic (exact) mass is 732 g/mol. The van der Waals surface area contributed by atoms with Crippen molar-refractivity contribution in [2.75, 3.05) is 0 Å². The fraction of sp³-hybridized carbons (Fsp3) is 0.0566. The fourth-order valence-electron chi connectivity index (χ4n) is 8.86. The predicted molar refractivity (Wildman–Crippen MR) is 237 cm³/mol. The highest BCUT2D eigenvalue weighted by atomic mass is 32.1. The molecule has 1 aliphatic carbocycles. The van der Waals surface area contributed by atoms with Crippen LogP contribution in [0, 0.1) is 0 Å². The van der Waals surface area contributed by atoms with Crippen molar-refractivity contribution in [2.24, 2.45) is 0 Å². The highest BCUT2D eigenvalue weighted by Crippen LogP contribution is 2.52. The Labute approximate surface area is 330 Å². The lowest BCUT2D eigenvalue weighted by atomic mass is 9.82. The molecule has 0 bridgehead atoms. The lowest BCUT2D eigenvalue weighted by Gasteiger charge is -2.21. The molecule has 10 aromatic rings. The highest BCUT2D eigenvalue weighted by molar-refractivity contribution is 7.26. The molecule has 8 aromatic carbocycles. The number of hydrogen-bond acceptors (Lipinski definition) is 3. The van der Waals surface area contributed by atoms with E-state index in [1.165, 1.54) is 69.9 Å². The highest BCUT2D eigenvalue weighted by Gasteiger charge is 2.36. The van der Waals surface area contributed by atoms with Crippen LogP contribution >= 0.6 is 11.3 Å². The summed E-state index contributed by atoms with van der Waals surface area (Å²) in [4.78, 5) is 10.7. The van der Waals surface area contributed by atoms with Crippen LogP contribution in [0.25, 0.3) is 98.2 Å². The maximum Gasteiger partial charge on any atom is 0.160 e. The van der Waals surface area contributed by atoms with E-state index in [1.54, 1.807) is 0 Å². The maximum atomic E-state index is 5.37. The zero-order valence-corrected chi connectivity index (χ0v) is 31.9. The molecule has 0 saturated carbocycles. The average molecular weight is 733 g/mol. The van der Waals surface area contributed by atoms with E-state index in [4.69, 9.17) is 9.97 Å². The average Bonchev–Trinajstić information content (AvgIpc) is 3.75. The Morgan fingerprint density at radius 3 is 1.98 bits per heavy atom. The van der Waals surface area contributed by atoms with Gasteiger partial charge in [0.25, 0.3) is 0 Å². The summed E-state index contributed by atoms with van der Waals surface area (Å²) in [5.41, 5.74) is 14.8. The first-order valence-corrected chi connectivity index (χ1v) is 20.0. The summed E-state index contributed by atoms with van der Waals surface area (Å²) in [6, 6.07) is 66.0. The normalized spacial score (nSPS) is 13.0. The predicted octanol–water partition coefficient (Wildman–Crippen LogP) is 14.6. The van der Waals surface area contributed by atoms with Gasteiger partial charge >= 0.3 is 0 Å². The zero-order chi connectivity index (χ0) is 37.4. The standard InChI is InChI=1S/C53H36N2S/c1-53(2)45-23-10-8-19-43(45)50-44(22-13-24-46(50)53)48-32-47(54-52(55-48)34-15-4-3-5-16-34)39-30-37(36-27-26-33-14-6-7-17-35(33)28-36)29-38(31-39)40-20-12-21-42-41-18-9-11-25-49(41)56-51(40)42/h3-32H,1-2H3. The topological polar surface area (TPSA) is 25.8 Å². The number of fused-ring (bicyclic) bond motifs is 7. The number of nitrogens with zero attached hydrogens (tertiary/aromatic N) is 2. The number of aromatic nitrogens is 2. The van der Waals surface area contributed by atoms with Crippen molar-refractivity contribution in [1.82, 2.24) is 9.97 Å². The van der Waals surface area contributed by atoms with Gasteiger partial charge in [-0.15, -0.1) is 11.3 Å². The summed E-state index contributed by atoms with van der Waals surface area (Å²) in [6.45, 7) is 4.67. The molecule has 0 amide bonds. The molecule has 2 heterocycles. The Balaban J connectivity index is 1.18. The van der Waals surface area contributed by atoms with Gasteiger partial charge in [0.05, 0.1) is 11.4 Å². The van der Waals surface area contributed by atoms with Crippen molar-refractivity contribution < 1.29 is 0 Å². The van der Waals surface area contributed by atoms with Gasteiger partial charge in [0, 0.05) is 42.3 Å². The molecular weight excluding hydrogens is 697 g/mol. The third-order valence-electron chi connectivity index (χ3n) is 11.7. The smallest absolute Gasteiger partial charge is 0.160 e. The molecule has 1 aliphatic rings. The molecule has 0 saturated heterocycles. The van der Waals surface area contributed by atoms with Crippen LogP contribution in [0.2, 0.25) is 0 Å². The van der Waals surface area contributed by atoms with Crippen molar-refractivity contribution in [3.8, 4) is 67.3 Å². The zero-order valence-electron chi connectivity index (χ0n) is 31.1. The Bertz CT molecular complexity index is 3170. The minimum absolute atomic E-state index is 0.114. The molecule has 264 valence electrons. The van der Waals surface area contributed by atoms with Crippen LogP contribution in [0.5, 0.6) is 0 Å². The van der Waals surface area contributed by atoms with Gasteiger partial charge in [0.15, 0.2) is 5.82 Å². The van der Waals surface area contributed by atoms with Crippen molar-refractivity contribution in [2.45, 2.75) is 19.3 Å². The Morgan fingerprint density at radius 1 is 0.411 bits per heavy atom. The number of hydrogen-bond donors (Lipinski definition) is 0. The minimum atomic E-state index is -0.114. The molecule has 0 radical (unpaired) electrons. The molecular formula is C53H36N2S. The van der Waals surface area contributed by atoms with Crippen LogP contribution < -0.4 is 0 Å². The summed E-state index contributed by atoms with van der Waals surface area (Å²) >= 11 is 1.87. The molecule has 3 heteroatoms. The molecule has 2 aromatic heterocycles. The van der Waals surface area contributed by atoms with Crippen molar-refractivity contribution in [1.29, 1.82) is 0 Å². The summed E-state index contributed by atoms with van der Waals surface area (Å²) in [7, 11) is 0. The molecule has 2 nitrogen and oxygen atoms in total. The van der Waals surface area contributed by atoms with Crippen LogP contribution in [0.4, 0.5) is 0 Å². The minimum Gasteiger partial charge on any atom is -0.228 e. The van der Waals surface area contributed by atoms with E-state index in [1.807, 2.05) is 17.4 Å². The first-order valence-electron chi connectivity index (χ1n) is 19.2. The van der Waals surface area contributed by atoms with Crippen LogP contribution in [0.15, 0.2) is 182 Å². The van der Waals surface area contributed by atoms with Crippen LogP contribution in [-0.4, -0.2) is 9.97 Å². The molecule has 56 heavy (non-hydrogen) atoms. The number of thiophene rings is 1. The van der Waals surface area contributed by atoms with Crippen LogP contribution in [0.1, 0.15) is 25.0 Å². The van der Waals surface area contributed by atoms with E-state index in [0.717, 1.165) is 33.6 Å². The molecule has 0 spiro atoms. The van der Waals surface area contributed by atoms with Crippen molar-refractivity contribution in [3.05, 3.63) is 193 Å². The van der Waals surface area contributed by atoms with E-state index in [-0.39, 0.29) is 5.41 Å². The van der Waals surface area contributed by atoms with E-state index >= 15 is 0 Å². The van der Waals surface area contributed by atoms with Crippen LogP contribution in [-0.2, 0) is 5.41 Å². The van der Waals surface area contributed by atoms with Crippen LogP contribution in [0.3, 0.4) is 0 Å². The van der Waals surface area contributed by atoms with Gasteiger partial charge in [-0.25, -0.2) is 9.97 Å². The molecule has 0 unspecified atom stereocenters. The summed E-state index contributed by atoms with van der Waals surface area (Å²) in [6.07, 6.45) is 0. The second kappa shape index (κ2) is 12.7. The molecule has 0 N–H and O–H groups in total. The second-order valence-electron chi connectivity index (χ2n) is 15.4. The van der Waals surface area contributed by atoms with Gasteiger partial charge < -0.3 is 0 Å². The Hall–Kier alpha value is -6.68. The van der Waals surface area contributed by atoms with Gasteiger partial charge in [-0.3, -0.25) is 0 Å². The molecule has 0 fully saturated rings. The van der Waals surface area contributed by atoms with E-state index in [9.17, 15) is 0 Å². The lowest BCUT2D eigenvalue weighted by Crippen LogP contribution is -2.14. The maximum absolute atomic E-state index is 5.37. The lowest BCUT2D eigenvalue weighted by molar-refractivity contribution is 0.660. The first-order chi connectivity index (χ1) is 27.5. The Kier molecular flexibility index (Phi) is 7.42. The van der Waals surface area contributed by atoms with E-state index < -0.39 is 0 Å². The van der Waals surface area contributed by atoms with Gasteiger partial charge in [-0.1, -0.05) is 159 Å². The summed E-state index contributed by atoms with van der Waals surface area (Å²) in [5, 5.41) is 5.04. The third kappa shape index (κ3) is 5.23. The molecule has 0 aliphatic heterocycles. The number of rotatable bonds is 5. The molecule has 11 rings (SSSR count).